The number of hydrogen-bond acceptors (Lipinski definition) is 3. The third-order valence-electron chi connectivity index (χ3n) is 8.30. The standard InChI is InChI=1S/C29H35FN2O3/c1-29(35)14-11-22(12-15-29)31-27(33)23-13-16-32(18-26(23)19-5-3-2-4-6-19)28(34)25-17-24(25)20-7-9-21(30)10-8-20/h2-10,22-26,35H,11-18H2,1H3,(H,31,33)/t22?,23-,24?,25?,26-,29?/m1/s1. The Bertz CT molecular complexity index is 1050. The van der Waals surface area contributed by atoms with E-state index in [0.29, 0.717) is 32.4 Å². The highest BCUT2D eigenvalue weighted by Gasteiger charge is 2.47. The van der Waals surface area contributed by atoms with Gasteiger partial charge in [0.05, 0.1) is 5.60 Å². The number of piperidine rings is 1. The van der Waals surface area contributed by atoms with Crippen LogP contribution in [0, 0.1) is 17.7 Å². The highest BCUT2D eigenvalue weighted by Crippen LogP contribution is 2.49. The van der Waals surface area contributed by atoms with E-state index in [9.17, 15) is 19.1 Å². The minimum Gasteiger partial charge on any atom is -0.390 e. The van der Waals surface area contributed by atoms with E-state index in [0.717, 1.165) is 30.4 Å². The zero-order valence-corrected chi connectivity index (χ0v) is 20.3. The van der Waals surface area contributed by atoms with Crippen molar-refractivity contribution in [3.63, 3.8) is 0 Å². The van der Waals surface area contributed by atoms with Crippen LogP contribution in [-0.4, -0.2) is 46.6 Å². The molecule has 1 saturated heterocycles. The normalized spacial score (nSPS) is 32.7. The van der Waals surface area contributed by atoms with Crippen LogP contribution >= 0.6 is 0 Å². The number of nitrogens with zero attached hydrogens (tertiary/aromatic N) is 1. The Morgan fingerprint density at radius 1 is 0.943 bits per heavy atom. The van der Waals surface area contributed by atoms with Crippen LogP contribution in [-0.2, 0) is 9.59 Å². The van der Waals surface area contributed by atoms with Gasteiger partial charge < -0.3 is 15.3 Å². The van der Waals surface area contributed by atoms with Crippen molar-refractivity contribution in [2.45, 2.75) is 68.9 Å². The Balaban J connectivity index is 1.26. The summed E-state index contributed by atoms with van der Waals surface area (Å²) in [6, 6.07) is 16.6. The Hall–Kier alpha value is -2.73. The summed E-state index contributed by atoms with van der Waals surface area (Å²) in [6.07, 6.45) is 4.41. The second kappa shape index (κ2) is 9.73. The molecular formula is C29H35FN2O3. The molecule has 3 fully saturated rings. The van der Waals surface area contributed by atoms with Gasteiger partial charge in [-0.15, -0.1) is 0 Å². The molecule has 0 bridgehead atoms. The van der Waals surface area contributed by atoms with Crippen molar-refractivity contribution in [1.82, 2.24) is 10.2 Å². The lowest BCUT2D eigenvalue weighted by Gasteiger charge is -2.40. The van der Waals surface area contributed by atoms with Gasteiger partial charge in [0.25, 0.3) is 0 Å². The van der Waals surface area contributed by atoms with Gasteiger partial charge in [-0.2, -0.15) is 0 Å². The maximum Gasteiger partial charge on any atom is 0.226 e. The fourth-order valence-corrected chi connectivity index (χ4v) is 5.98. The second-order valence-corrected chi connectivity index (χ2v) is 11.0. The van der Waals surface area contributed by atoms with E-state index >= 15 is 0 Å². The second-order valence-electron chi connectivity index (χ2n) is 11.0. The fraction of sp³-hybridized carbons (Fsp3) is 0.517. The van der Waals surface area contributed by atoms with Crippen molar-refractivity contribution >= 4 is 11.8 Å². The van der Waals surface area contributed by atoms with Crippen LogP contribution in [0.15, 0.2) is 54.6 Å². The first kappa shape index (κ1) is 24.0. The first-order valence-electron chi connectivity index (χ1n) is 12.9. The summed E-state index contributed by atoms with van der Waals surface area (Å²) in [4.78, 5) is 28.7. The molecule has 0 aromatic heterocycles. The van der Waals surface area contributed by atoms with Gasteiger partial charge in [0, 0.05) is 36.9 Å². The van der Waals surface area contributed by atoms with E-state index < -0.39 is 5.60 Å². The maximum atomic E-state index is 13.4. The van der Waals surface area contributed by atoms with Gasteiger partial charge in [0.1, 0.15) is 5.82 Å². The summed E-state index contributed by atoms with van der Waals surface area (Å²) in [5, 5.41) is 13.5. The van der Waals surface area contributed by atoms with Crippen molar-refractivity contribution < 1.29 is 19.1 Å². The van der Waals surface area contributed by atoms with Crippen LogP contribution in [0.2, 0.25) is 0 Å². The molecule has 2 unspecified atom stereocenters. The molecule has 1 heterocycles. The van der Waals surface area contributed by atoms with Gasteiger partial charge in [-0.1, -0.05) is 42.5 Å². The zero-order valence-electron chi connectivity index (χ0n) is 20.3. The zero-order chi connectivity index (χ0) is 24.6. The predicted molar refractivity (Wildman–Crippen MR) is 132 cm³/mol. The smallest absolute Gasteiger partial charge is 0.226 e. The Morgan fingerprint density at radius 2 is 1.60 bits per heavy atom. The van der Waals surface area contributed by atoms with E-state index in [4.69, 9.17) is 0 Å². The fourth-order valence-electron chi connectivity index (χ4n) is 5.98. The Labute approximate surface area is 206 Å². The molecule has 0 spiro atoms. The Kier molecular flexibility index (Phi) is 6.67. The number of amides is 2. The average molecular weight is 479 g/mol. The molecule has 3 aliphatic rings. The van der Waals surface area contributed by atoms with Crippen molar-refractivity contribution in [3.8, 4) is 0 Å². The van der Waals surface area contributed by atoms with Crippen LogP contribution in [0.1, 0.15) is 68.4 Å². The van der Waals surface area contributed by atoms with Crippen LogP contribution in [0.25, 0.3) is 0 Å². The van der Waals surface area contributed by atoms with Gasteiger partial charge in [0.15, 0.2) is 0 Å². The van der Waals surface area contributed by atoms with Crippen molar-refractivity contribution in [2.24, 2.45) is 11.8 Å². The number of aliphatic hydroxyl groups is 1. The summed E-state index contributed by atoms with van der Waals surface area (Å²) in [5.74, 6) is -0.191. The monoisotopic (exact) mass is 478 g/mol. The van der Waals surface area contributed by atoms with Crippen LogP contribution in [0.5, 0.6) is 0 Å². The lowest BCUT2D eigenvalue weighted by molar-refractivity contribution is -0.138. The molecule has 2 N–H and O–H groups in total. The highest BCUT2D eigenvalue weighted by molar-refractivity contribution is 5.84. The predicted octanol–water partition coefficient (Wildman–Crippen LogP) is 4.37. The number of likely N-dealkylation sites (tertiary alicyclic amines) is 1. The lowest BCUT2D eigenvalue weighted by Crippen LogP contribution is -2.50. The van der Waals surface area contributed by atoms with Crippen molar-refractivity contribution in [3.05, 3.63) is 71.5 Å². The molecule has 2 amide bonds. The summed E-state index contributed by atoms with van der Waals surface area (Å²) in [7, 11) is 0. The molecule has 2 aromatic carbocycles. The number of hydrogen-bond donors (Lipinski definition) is 2. The average Bonchev–Trinajstić information content (AvgIpc) is 3.66. The van der Waals surface area contributed by atoms with E-state index in [-0.39, 0.29) is 47.3 Å². The van der Waals surface area contributed by atoms with E-state index in [2.05, 4.69) is 17.4 Å². The summed E-state index contributed by atoms with van der Waals surface area (Å²) in [6.45, 7) is 2.98. The van der Waals surface area contributed by atoms with Gasteiger partial charge in [0.2, 0.25) is 11.8 Å². The number of carbonyl (C=O) groups is 2. The first-order chi connectivity index (χ1) is 16.8. The molecule has 1 aliphatic heterocycles. The number of benzene rings is 2. The molecule has 2 aromatic rings. The highest BCUT2D eigenvalue weighted by atomic mass is 19.1. The van der Waals surface area contributed by atoms with Gasteiger partial charge >= 0.3 is 0 Å². The summed E-state index contributed by atoms with van der Waals surface area (Å²) < 4.78 is 13.3. The van der Waals surface area contributed by atoms with E-state index in [1.807, 2.05) is 30.0 Å². The molecule has 2 aliphatic carbocycles. The van der Waals surface area contributed by atoms with E-state index in [1.54, 1.807) is 12.1 Å². The molecular weight excluding hydrogens is 443 g/mol. The molecule has 35 heavy (non-hydrogen) atoms. The summed E-state index contributed by atoms with van der Waals surface area (Å²) >= 11 is 0. The van der Waals surface area contributed by atoms with Crippen LogP contribution in [0.3, 0.4) is 0 Å². The van der Waals surface area contributed by atoms with Gasteiger partial charge in [-0.3, -0.25) is 9.59 Å². The topological polar surface area (TPSA) is 69.6 Å². The number of carbonyl (C=O) groups excluding carboxylic acids is 2. The molecule has 186 valence electrons. The van der Waals surface area contributed by atoms with Gasteiger partial charge in [-0.25, -0.2) is 4.39 Å². The minimum atomic E-state index is -0.631. The molecule has 5 rings (SSSR count). The molecule has 4 atom stereocenters. The molecule has 2 saturated carbocycles. The lowest BCUT2D eigenvalue weighted by atomic mass is 9.79. The molecule has 6 heteroatoms. The van der Waals surface area contributed by atoms with E-state index in [1.165, 1.54) is 12.1 Å². The third kappa shape index (κ3) is 5.43. The maximum absolute atomic E-state index is 13.4. The molecule has 5 nitrogen and oxygen atoms in total. The Morgan fingerprint density at radius 3 is 2.29 bits per heavy atom. The van der Waals surface area contributed by atoms with Crippen LogP contribution < -0.4 is 5.32 Å². The first-order valence-corrected chi connectivity index (χ1v) is 12.9. The van der Waals surface area contributed by atoms with Crippen molar-refractivity contribution in [2.75, 3.05) is 13.1 Å². The number of rotatable bonds is 5. The largest absolute Gasteiger partial charge is 0.390 e. The van der Waals surface area contributed by atoms with Crippen molar-refractivity contribution in [1.29, 1.82) is 0 Å². The number of nitrogens with one attached hydrogen (secondary N) is 1. The molecule has 0 radical (unpaired) electrons. The SMILES string of the molecule is CC1(O)CCC(NC(=O)[C@@H]2CCN(C(=O)C3CC3c3ccc(F)cc3)C[C@@H]2c2ccccc2)CC1. The number of halogens is 1. The minimum absolute atomic E-state index is 0.0522. The summed E-state index contributed by atoms with van der Waals surface area (Å²) in [5.41, 5.74) is 1.47. The third-order valence-corrected chi connectivity index (χ3v) is 8.30. The quantitative estimate of drug-likeness (QED) is 0.671. The van der Waals surface area contributed by atoms with Crippen LogP contribution in [0.4, 0.5) is 4.39 Å². The van der Waals surface area contributed by atoms with Gasteiger partial charge in [-0.05, 0) is 74.6 Å².